The molecule has 2 rings (SSSR count). The smallest absolute Gasteiger partial charge is 0.0610 e. The van der Waals surface area contributed by atoms with Crippen molar-refractivity contribution in [3.8, 4) is 0 Å². The van der Waals surface area contributed by atoms with E-state index >= 15 is 0 Å². The molecule has 2 atom stereocenters. The molecule has 17 heavy (non-hydrogen) atoms. The van der Waals surface area contributed by atoms with Crippen LogP contribution in [0.1, 0.15) is 25.8 Å². The van der Waals surface area contributed by atoms with E-state index in [1.165, 1.54) is 10.5 Å². The Bertz CT molecular complexity index is 351. The SMILES string of the molecule is CCC(C)(CO)NCC1Cc2ccccc2S1. The molecule has 1 aliphatic rings. The maximum Gasteiger partial charge on any atom is 0.0610 e. The molecule has 0 saturated heterocycles. The first kappa shape index (κ1) is 12.9. The third-order valence-corrected chi connectivity index (χ3v) is 4.92. The van der Waals surface area contributed by atoms with Crippen LogP contribution in [0.3, 0.4) is 0 Å². The number of hydrogen-bond donors (Lipinski definition) is 2. The van der Waals surface area contributed by atoms with Gasteiger partial charge in [0.05, 0.1) is 6.61 Å². The summed E-state index contributed by atoms with van der Waals surface area (Å²) in [5, 5.41) is 13.5. The number of aliphatic hydroxyl groups excluding tert-OH is 1. The Labute approximate surface area is 108 Å². The number of rotatable bonds is 5. The Balaban J connectivity index is 1.88. The second-order valence-electron chi connectivity index (χ2n) is 5.00. The first-order valence-electron chi connectivity index (χ1n) is 6.27. The van der Waals surface area contributed by atoms with Crippen LogP contribution in [0.2, 0.25) is 0 Å². The molecule has 0 saturated carbocycles. The second-order valence-corrected chi connectivity index (χ2v) is 6.35. The van der Waals surface area contributed by atoms with Crippen molar-refractivity contribution in [3.05, 3.63) is 29.8 Å². The molecular weight excluding hydrogens is 230 g/mol. The van der Waals surface area contributed by atoms with Crippen LogP contribution in [0.25, 0.3) is 0 Å². The summed E-state index contributed by atoms with van der Waals surface area (Å²) in [7, 11) is 0. The molecule has 0 fully saturated rings. The number of benzene rings is 1. The van der Waals surface area contributed by atoms with Crippen LogP contribution in [0.5, 0.6) is 0 Å². The highest BCUT2D eigenvalue weighted by atomic mass is 32.2. The van der Waals surface area contributed by atoms with E-state index in [1.54, 1.807) is 0 Å². The molecule has 1 aromatic rings. The van der Waals surface area contributed by atoms with Gasteiger partial charge in [-0.2, -0.15) is 0 Å². The van der Waals surface area contributed by atoms with Gasteiger partial charge in [-0.25, -0.2) is 0 Å². The molecule has 0 bridgehead atoms. The molecule has 0 spiro atoms. The molecule has 2 unspecified atom stereocenters. The van der Waals surface area contributed by atoms with E-state index in [2.05, 4.69) is 43.4 Å². The van der Waals surface area contributed by atoms with E-state index in [0.717, 1.165) is 19.4 Å². The van der Waals surface area contributed by atoms with E-state index in [9.17, 15) is 5.11 Å². The zero-order chi connectivity index (χ0) is 12.3. The van der Waals surface area contributed by atoms with Crippen molar-refractivity contribution in [1.82, 2.24) is 5.32 Å². The fourth-order valence-corrected chi connectivity index (χ4v) is 3.27. The van der Waals surface area contributed by atoms with Gasteiger partial charge in [-0.3, -0.25) is 0 Å². The fraction of sp³-hybridized carbons (Fsp3) is 0.571. The standard InChI is InChI=1S/C14H21NOS/c1-3-14(2,10-16)15-9-12-8-11-6-4-5-7-13(11)17-12/h4-7,12,15-16H,3,8-10H2,1-2H3. The average molecular weight is 251 g/mol. The van der Waals surface area contributed by atoms with Crippen molar-refractivity contribution in [2.45, 2.75) is 42.4 Å². The first-order chi connectivity index (χ1) is 8.17. The summed E-state index contributed by atoms with van der Waals surface area (Å²) in [4.78, 5) is 1.42. The zero-order valence-electron chi connectivity index (χ0n) is 10.6. The number of fused-ring (bicyclic) bond motifs is 1. The summed E-state index contributed by atoms with van der Waals surface area (Å²) in [5.74, 6) is 0. The molecule has 0 aromatic heterocycles. The summed E-state index contributed by atoms with van der Waals surface area (Å²) >= 11 is 1.95. The molecule has 1 aromatic carbocycles. The minimum atomic E-state index is -0.130. The van der Waals surface area contributed by atoms with Gasteiger partial charge in [-0.1, -0.05) is 25.1 Å². The van der Waals surface area contributed by atoms with E-state index in [4.69, 9.17) is 0 Å². The van der Waals surface area contributed by atoms with Crippen LogP contribution < -0.4 is 5.32 Å². The Morgan fingerprint density at radius 2 is 2.24 bits per heavy atom. The summed E-state index contributed by atoms with van der Waals surface area (Å²) in [6.07, 6.45) is 2.09. The molecular formula is C14H21NOS. The normalized spacial score (nSPS) is 22.2. The van der Waals surface area contributed by atoms with Crippen molar-refractivity contribution >= 4 is 11.8 Å². The average Bonchev–Trinajstić information content (AvgIpc) is 2.79. The predicted octanol–water partition coefficient (Wildman–Crippen LogP) is 2.45. The van der Waals surface area contributed by atoms with Crippen molar-refractivity contribution < 1.29 is 5.11 Å². The summed E-state index contributed by atoms with van der Waals surface area (Å²) in [6.45, 7) is 5.36. The highest BCUT2D eigenvalue weighted by Crippen LogP contribution is 2.36. The van der Waals surface area contributed by atoms with Crippen LogP contribution in [0.4, 0.5) is 0 Å². The van der Waals surface area contributed by atoms with E-state index < -0.39 is 0 Å². The minimum Gasteiger partial charge on any atom is -0.394 e. The largest absolute Gasteiger partial charge is 0.394 e. The summed E-state index contributed by atoms with van der Waals surface area (Å²) in [6, 6.07) is 8.63. The maximum atomic E-state index is 9.36. The Morgan fingerprint density at radius 1 is 1.47 bits per heavy atom. The highest BCUT2D eigenvalue weighted by Gasteiger charge is 2.25. The lowest BCUT2D eigenvalue weighted by atomic mass is 10.00. The molecule has 3 heteroatoms. The van der Waals surface area contributed by atoms with Crippen molar-refractivity contribution in [3.63, 3.8) is 0 Å². The third kappa shape index (κ3) is 3.03. The number of nitrogens with one attached hydrogen (secondary N) is 1. The lowest BCUT2D eigenvalue weighted by Crippen LogP contribution is -2.47. The Hall–Kier alpha value is -0.510. The maximum absolute atomic E-state index is 9.36. The molecule has 0 radical (unpaired) electrons. The van der Waals surface area contributed by atoms with Crippen molar-refractivity contribution in [2.24, 2.45) is 0 Å². The molecule has 2 N–H and O–H groups in total. The van der Waals surface area contributed by atoms with E-state index in [-0.39, 0.29) is 12.1 Å². The molecule has 2 nitrogen and oxygen atoms in total. The van der Waals surface area contributed by atoms with Crippen LogP contribution in [0, 0.1) is 0 Å². The number of thioether (sulfide) groups is 1. The Kier molecular flexibility index (Phi) is 4.13. The molecule has 1 heterocycles. The van der Waals surface area contributed by atoms with Gasteiger partial charge in [-0.15, -0.1) is 11.8 Å². The fourth-order valence-electron chi connectivity index (χ4n) is 2.02. The second kappa shape index (κ2) is 5.42. The predicted molar refractivity (Wildman–Crippen MR) is 73.6 cm³/mol. The van der Waals surface area contributed by atoms with Crippen LogP contribution >= 0.6 is 11.8 Å². The minimum absolute atomic E-state index is 0.130. The highest BCUT2D eigenvalue weighted by molar-refractivity contribution is 8.00. The van der Waals surface area contributed by atoms with Crippen LogP contribution in [-0.2, 0) is 6.42 Å². The van der Waals surface area contributed by atoms with Crippen LogP contribution in [-0.4, -0.2) is 29.0 Å². The van der Waals surface area contributed by atoms with Gasteiger partial charge in [0, 0.05) is 22.2 Å². The van der Waals surface area contributed by atoms with Crippen molar-refractivity contribution in [1.29, 1.82) is 0 Å². The number of aliphatic hydroxyl groups is 1. The monoisotopic (exact) mass is 251 g/mol. The van der Waals surface area contributed by atoms with Gasteiger partial charge < -0.3 is 10.4 Å². The summed E-state index contributed by atoms with van der Waals surface area (Å²) < 4.78 is 0. The molecule has 0 amide bonds. The van der Waals surface area contributed by atoms with Crippen LogP contribution in [0.15, 0.2) is 29.2 Å². The number of hydrogen-bond acceptors (Lipinski definition) is 3. The molecule has 0 aliphatic carbocycles. The third-order valence-electron chi connectivity index (χ3n) is 3.60. The Morgan fingerprint density at radius 3 is 2.88 bits per heavy atom. The first-order valence-corrected chi connectivity index (χ1v) is 7.15. The van der Waals surface area contributed by atoms with Gasteiger partial charge in [0.25, 0.3) is 0 Å². The van der Waals surface area contributed by atoms with Gasteiger partial charge in [-0.05, 0) is 31.4 Å². The quantitative estimate of drug-likeness (QED) is 0.843. The topological polar surface area (TPSA) is 32.3 Å². The van der Waals surface area contributed by atoms with Gasteiger partial charge >= 0.3 is 0 Å². The van der Waals surface area contributed by atoms with Gasteiger partial charge in [0.1, 0.15) is 0 Å². The van der Waals surface area contributed by atoms with E-state index in [0.29, 0.717) is 5.25 Å². The zero-order valence-corrected chi connectivity index (χ0v) is 11.4. The molecule has 1 aliphatic heterocycles. The van der Waals surface area contributed by atoms with Gasteiger partial charge in [0.2, 0.25) is 0 Å². The lowest BCUT2D eigenvalue weighted by molar-refractivity contribution is 0.171. The van der Waals surface area contributed by atoms with E-state index in [1.807, 2.05) is 11.8 Å². The van der Waals surface area contributed by atoms with Gasteiger partial charge in [0.15, 0.2) is 0 Å². The summed E-state index contributed by atoms with van der Waals surface area (Å²) in [5.41, 5.74) is 1.33. The van der Waals surface area contributed by atoms with Crippen molar-refractivity contribution in [2.75, 3.05) is 13.2 Å². The molecule has 94 valence electrons. The lowest BCUT2D eigenvalue weighted by Gasteiger charge is -2.28.